The van der Waals surface area contributed by atoms with Crippen molar-refractivity contribution in [2.75, 3.05) is 6.79 Å². The second kappa shape index (κ2) is 5.39. The van der Waals surface area contributed by atoms with Crippen molar-refractivity contribution in [1.29, 1.82) is 0 Å². The number of hydrogen-bond donors (Lipinski definition) is 1. The summed E-state index contributed by atoms with van der Waals surface area (Å²) in [5.74, 6) is 1.39. The minimum absolute atomic E-state index is 0. The van der Waals surface area contributed by atoms with Gasteiger partial charge in [0.05, 0.1) is 6.04 Å². The van der Waals surface area contributed by atoms with E-state index in [0.29, 0.717) is 17.9 Å². The molecule has 1 aliphatic heterocycles. The van der Waals surface area contributed by atoms with Gasteiger partial charge in [-0.3, -0.25) is 4.79 Å². The monoisotopic (exact) mass is 263 g/mol. The van der Waals surface area contributed by atoms with Crippen molar-refractivity contribution >= 4 is 29.3 Å². The largest absolute Gasteiger partial charge is 0.454 e. The molecule has 1 atom stereocenters. The number of fused-ring (bicyclic) bond motifs is 1. The first-order chi connectivity index (χ1) is 7.16. The quantitative estimate of drug-likeness (QED) is 0.840. The summed E-state index contributed by atoms with van der Waals surface area (Å²) in [6.45, 7) is 0.235. The fourth-order valence-electron chi connectivity index (χ4n) is 1.40. The topological polar surface area (TPSA) is 61.6 Å². The van der Waals surface area contributed by atoms with E-state index in [-0.39, 0.29) is 19.2 Å². The predicted octanol–water partition coefficient (Wildman–Crippen LogP) is 1.47. The SMILES string of the molecule is Cl.NC(Cc1ccc2c(c1)OCO2)C(=O)Cl. The Balaban J connectivity index is 0.00000128. The maximum absolute atomic E-state index is 10.8. The van der Waals surface area contributed by atoms with Crippen LogP contribution in [0.25, 0.3) is 0 Å². The van der Waals surface area contributed by atoms with Crippen molar-refractivity contribution in [3.05, 3.63) is 23.8 Å². The molecule has 16 heavy (non-hydrogen) atoms. The van der Waals surface area contributed by atoms with Crippen molar-refractivity contribution in [2.45, 2.75) is 12.5 Å². The van der Waals surface area contributed by atoms with Gasteiger partial charge in [-0.1, -0.05) is 6.07 Å². The molecular weight excluding hydrogens is 253 g/mol. The summed E-state index contributed by atoms with van der Waals surface area (Å²) < 4.78 is 10.4. The van der Waals surface area contributed by atoms with Gasteiger partial charge in [-0.25, -0.2) is 0 Å². The normalized spacial score (nSPS) is 14.1. The lowest BCUT2D eigenvalue weighted by Crippen LogP contribution is -2.29. The van der Waals surface area contributed by atoms with Crippen molar-refractivity contribution < 1.29 is 14.3 Å². The summed E-state index contributed by atoms with van der Waals surface area (Å²) in [6.07, 6.45) is 0.402. The van der Waals surface area contributed by atoms with Crippen LogP contribution in [0.15, 0.2) is 18.2 Å². The molecule has 0 aromatic heterocycles. The summed E-state index contributed by atoms with van der Waals surface area (Å²) in [5.41, 5.74) is 6.44. The molecule has 0 spiro atoms. The van der Waals surface area contributed by atoms with Crippen LogP contribution in [0.2, 0.25) is 0 Å². The number of benzene rings is 1. The molecule has 1 aromatic carbocycles. The number of halogens is 2. The average Bonchev–Trinajstić information content (AvgIpc) is 2.64. The predicted molar refractivity (Wildman–Crippen MR) is 62.4 cm³/mol. The van der Waals surface area contributed by atoms with Crippen LogP contribution in [-0.2, 0) is 11.2 Å². The van der Waals surface area contributed by atoms with E-state index in [9.17, 15) is 4.79 Å². The first-order valence-corrected chi connectivity index (χ1v) is 4.88. The van der Waals surface area contributed by atoms with E-state index >= 15 is 0 Å². The summed E-state index contributed by atoms with van der Waals surface area (Å²) in [5, 5.41) is -0.535. The molecular formula is C10H11Cl2NO3. The van der Waals surface area contributed by atoms with Gasteiger partial charge in [0, 0.05) is 0 Å². The van der Waals surface area contributed by atoms with E-state index < -0.39 is 11.3 Å². The van der Waals surface area contributed by atoms with E-state index in [2.05, 4.69) is 0 Å². The number of ether oxygens (including phenoxy) is 2. The highest BCUT2D eigenvalue weighted by Crippen LogP contribution is 2.32. The Bertz CT molecular complexity index is 398. The third kappa shape index (κ3) is 2.78. The molecule has 4 nitrogen and oxygen atoms in total. The Morgan fingerprint density at radius 1 is 1.44 bits per heavy atom. The van der Waals surface area contributed by atoms with E-state index in [1.54, 1.807) is 6.07 Å². The molecule has 0 fully saturated rings. The number of rotatable bonds is 3. The lowest BCUT2D eigenvalue weighted by Gasteiger charge is -2.06. The Morgan fingerprint density at radius 3 is 2.81 bits per heavy atom. The molecule has 1 aromatic rings. The van der Waals surface area contributed by atoms with Crippen LogP contribution in [0.3, 0.4) is 0 Å². The second-order valence-corrected chi connectivity index (χ2v) is 3.67. The van der Waals surface area contributed by atoms with Gasteiger partial charge in [-0.05, 0) is 35.7 Å². The lowest BCUT2D eigenvalue weighted by molar-refractivity contribution is -0.112. The molecule has 0 aliphatic carbocycles. The Labute approximate surface area is 104 Å². The number of carbonyl (C=O) groups excluding carboxylic acids is 1. The molecule has 88 valence electrons. The van der Waals surface area contributed by atoms with E-state index in [1.165, 1.54) is 0 Å². The number of hydrogen-bond acceptors (Lipinski definition) is 4. The van der Waals surface area contributed by atoms with E-state index in [1.807, 2.05) is 12.1 Å². The first-order valence-electron chi connectivity index (χ1n) is 4.50. The zero-order valence-electron chi connectivity index (χ0n) is 8.31. The number of carbonyl (C=O) groups is 1. The van der Waals surface area contributed by atoms with Gasteiger partial charge in [0.25, 0.3) is 0 Å². The standard InChI is InChI=1S/C10H10ClNO3.ClH/c11-10(13)7(12)3-6-1-2-8-9(4-6)15-5-14-8;/h1-2,4,7H,3,5,12H2;1H. The van der Waals surface area contributed by atoms with Gasteiger partial charge in [0.15, 0.2) is 11.5 Å². The third-order valence-corrected chi connectivity index (χ3v) is 2.46. The minimum Gasteiger partial charge on any atom is -0.454 e. The summed E-state index contributed by atoms with van der Waals surface area (Å²) in [6, 6.07) is 4.77. The lowest BCUT2D eigenvalue weighted by atomic mass is 10.1. The molecule has 1 aliphatic rings. The van der Waals surface area contributed by atoms with Crippen molar-refractivity contribution in [2.24, 2.45) is 5.73 Å². The summed E-state index contributed by atoms with van der Waals surface area (Å²) in [4.78, 5) is 10.8. The molecule has 6 heteroatoms. The molecule has 2 rings (SSSR count). The molecule has 0 bridgehead atoms. The Hall–Kier alpha value is -0.970. The zero-order valence-corrected chi connectivity index (χ0v) is 9.88. The molecule has 1 unspecified atom stereocenters. The smallest absolute Gasteiger partial charge is 0.238 e. The Kier molecular flexibility index (Phi) is 4.41. The fraction of sp³-hybridized carbons (Fsp3) is 0.300. The van der Waals surface area contributed by atoms with Crippen molar-refractivity contribution in [3.63, 3.8) is 0 Å². The molecule has 0 amide bonds. The summed E-state index contributed by atoms with van der Waals surface area (Å²) >= 11 is 5.28. The van der Waals surface area contributed by atoms with Crippen LogP contribution in [0.4, 0.5) is 0 Å². The molecule has 0 saturated heterocycles. The average molecular weight is 264 g/mol. The van der Waals surface area contributed by atoms with Gasteiger partial charge < -0.3 is 15.2 Å². The highest BCUT2D eigenvalue weighted by atomic mass is 35.5. The van der Waals surface area contributed by atoms with E-state index in [0.717, 1.165) is 5.56 Å². The summed E-state index contributed by atoms with van der Waals surface area (Å²) in [7, 11) is 0. The van der Waals surface area contributed by atoms with Crippen LogP contribution in [0.5, 0.6) is 11.5 Å². The maximum Gasteiger partial charge on any atom is 0.238 e. The Morgan fingerprint density at radius 2 is 2.12 bits per heavy atom. The third-order valence-electron chi connectivity index (χ3n) is 2.18. The maximum atomic E-state index is 10.8. The van der Waals surface area contributed by atoms with Crippen LogP contribution in [0.1, 0.15) is 5.56 Å². The van der Waals surface area contributed by atoms with Crippen molar-refractivity contribution in [1.82, 2.24) is 0 Å². The first kappa shape index (κ1) is 13.1. The minimum atomic E-state index is -0.674. The molecule has 0 saturated carbocycles. The molecule has 0 radical (unpaired) electrons. The van der Waals surface area contributed by atoms with Gasteiger partial charge in [-0.2, -0.15) is 0 Å². The van der Waals surface area contributed by atoms with Crippen LogP contribution in [-0.4, -0.2) is 18.1 Å². The molecule has 2 N–H and O–H groups in total. The fourth-order valence-corrected chi connectivity index (χ4v) is 1.48. The van der Waals surface area contributed by atoms with E-state index in [4.69, 9.17) is 26.8 Å². The van der Waals surface area contributed by atoms with Gasteiger partial charge in [0.2, 0.25) is 12.0 Å². The molecule has 1 heterocycles. The second-order valence-electron chi connectivity index (χ2n) is 3.30. The van der Waals surface area contributed by atoms with Gasteiger partial charge in [0.1, 0.15) is 0 Å². The van der Waals surface area contributed by atoms with Crippen LogP contribution in [0, 0.1) is 0 Å². The van der Waals surface area contributed by atoms with Crippen LogP contribution >= 0.6 is 24.0 Å². The highest BCUT2D eigenvalue weighted by Gasteiger charge is 2.16. The van der Waals surface area contributed by atoms with Crippen molar-refractivity contribution in [3.8, 4) is 11.5 Å². The van der Waals surface area contributed by atoms with Gasteiger partial charge >= 0.3 is 0 Å². The van der Waals surface area contributed by atoms with Crippen LogP contribution < -0.4 is 15.2 Å². The number of nitrogens with two attached hydrogens (primary N) is 1. The van der Waals surface area contributed by atoms with Gasteiger partial charge in [-0.15, -0.1) is 12.4 Å². The highest BCUT2D eigenvalue weighted by molar-refractivity contribution is 6.64. The zero-order chi connectivity index (χ0) is 10.8.